The summed E-state index contributed by atoms with van der Waals surface area (Å²) in [5.74, 6) is -0.371. The molecule has 0 saturated carbocycles. The van der Waals surface area contributed by atoms with Crippen molar-refractivity contribution in [3.63, 3.8) is 0 Å². The number of carbonyl (C=O) groups is 2. The average molecular weight is 311 g/mol. The summed E-state index contributed by atoms with van der Waals surface area (Å²) in [6, 6.07) is 3.76. The number of thiophene rings is 1. The summed E-state index contributed by atoms with van der Waals surface area (Å²) >= 11 is 1.67. The quantitative estimate of drug-likeness (QED) is 0.728. The Kier molecular flexibility index (Phi) is 5.58. The number of rotatable bonds is 6. The number of ether oxygens (including phenoxy) is 1. The van der Waals surface area contributed by atoms with E-state index in [4.69, 9.17) is 10.5 Å². The third kappa shape index (κ3) is 4.44. The lowest BCUT2D eigenvalue weighted by Gasteiger charge is -2.34. The van der Waals surface area contributed by atoms with Crippen LogP contribution in [-0.4, -0.2) is 38.2 Å². The van der Waals surface area contributed by atoms with Crippen LogP contribution < -0.4 is 16.4 Å². The molecule has 21 heavy (non-hydrogen) atoms. The third-order valence-corrected chi connectivity index (χ3v) is 4.73. The number of hydrogen-bond acceptors (Lipinski definition) is 4. The fourth-order valence-electron chi connectivity index (χ4n) is 2.34. The maximum Gasteiger partial charge on any atom is 0.314 e. The molecule has 0 radical (unpaired) electrons. The summed E-state index contributed by atoms with van der Waals surface area (Å²) < 4.78 is 5.25. The van der Waals surface area contributed by atoms with E-state index in [0.29, 0.717) is 32.6 Å². The predicted octanol–water partition coefficient (Wildman–Crippen LogP) is 0.872. The highest BCUT2D eigenvalue weighted by Crippen LogP contribution is 2.29. The van der Waals surface area contributed by atoms with Gasteiger partial charge >= 0.3 is 6.03 Å². The lowest BCUT2D eigenvalue weighted by atomic mass is 9.79. The fraction of sp³-hybridized carbons (Fsp3) is 0.571. The summed E-state index contributed by atoms with van der Waals surface area (Å²) in [4.78, 5) is 24.7. The van der Waals surface area contributed by atoms with Crippen molar-refractivity contribution in [3.05, 3.63) is 22.4 Å². The van der Waals surface area contributed by atoms with Gasteiger partial charge in [-0.25, -0.2) is 4.79 Å². The van der Waals surface area contributed by atoms with Crippen LogP contribution in [0.15, 0.2) is 17.5 Å². The maximum absolute atomic E-state index is 11.8. The molecule has 2 rings (SSSR count). The monoisotopic (exact) mass is 311 g/mol. The molecule has 0 aromatic carbocycles. The summed E-state index contributed by atoms with van der Waals surface area (Å²) in [5, 5.41) is 7.55. The van der Waals surface area contributed by atoms with Gasteiger partial charge in [0.25, 0.3) is 0 Å². The van der Waals surface area contributed by atoms with Crippen LogP contribution in [0.25, 0.3) is 0 Å². The highest BCUT2D eigenvalue weighted by molar-refractivity contribution is 7.09. The van der Waals surface area contributed by atoms with Gasteiger partial charge < -0.3 is 21.1 Å². The van der Waals surface area contributed by atoms with Gasteiger partial charge in [-0.05, 0) is 30.7 Å². The molecule has 1 aliphatic rings. The summed E-state index contributed by atoms with van der Waals surface area (Å²) in [6.07, 6.45) is 1.91. The second kappa shape index (κ2) is 7.42. The van der Waals surface area contributed by atoms with E-state index in [0.717, 1.165) is 6.42 Å². The van der Waals surface area contributed by atoms with Gasteiger partial charge in [-0.1, -0.05) is 6.07 Å². The Labute approximate surface area is 128 Å². The minimum atomic E-state index is -0.677. The van der Waals surface area contributed by atoms with Crippen molar-refractivity contribution >= 4 is 23.3 Å². The van der Waals surface area contributed by atoms with E-state index in [1.54, 1.807) is 11.3 Å². The highest BCUT2D eigenvalue weighted by atomic mass is 32.1. The molecular weight excluding hydrogens is 290 g/mol. The van der Waals surface area contributed by atoms with E-state index < -0.39 is 5.41 Å². The van der Waals surface area contributed by atoms with Gasteiger partial charge in [0.15, 0.2) is 0 Å². The van der Waals surface area contributed by atoms with E-state index in [9.17, 15) is 9.59 Å². The van der Waals surface area contributed by atoms with Crippen LogP contribution in [-0.2, 0) is 16.0 Å². The number of hydrogen-bond donors (Lipinski definition) is 3. The Morgan fingerprint density at radius 1 is 1.33 bits per heavy atom. The van der Waals surface area contributed by atoms with Gasteiger partial charge in [-0.3, -0.25) is 4.79 Å². The van der Waals surface area contributed by atoms with Gasteiger partial charge in [0.2, 0.25) is 5.91 Å². The number of nitrogens with one attached hydrogen (secondary N) is 2. The van der Waals surface area contributed by atoms with Crippen molar-refractivity contribution in [1.29, 1.82) is 0 Å². The molecule has 0 aliphatic carbocycles. The zero-order valence-electron chi connectivity index (χ0n) is 11.9. The highest BCUT2D eigenvalue weighted by Gasteiger charge is 2.38. The third-order valence-electron chi connectivity index (χ3n) is 3.80. The van der Waals surface area contributed by atoms with Gasteiger partial charge in [-0.15, -0.1) is 11.3 Å². The van der Waals surface area contributed by atoms with E-state index >= 15 is 0 Å². The van der Waals surface area contributed by atoms with E-state index in [-0.39, 0.29) is 18.5 Å². The average Bonchev–Trinajstić information content (AvgIpc) is 2.99. The molecule has 1 saturated heterocycles. The summed E-state index contributed by atoms with van der Waals surface area (Å²) in [5.41, 5.74) is 4.81. The van der Waals surface area contributed by atoms with Gasteiger partial charge in [0, 0.05) is 31.2 Å². The van der Waals surface area contributed by atoms with Crippen LogP contribution in [0.4, 0.5) is 4.79 Å². The van der Waals surface area contributed by atoms with Crippen LogP contribution in [0, 0.1) is 5.41 Å². The van der Waals surface area contributed by atoms with Crippen LogP contribution in [0.5, 0.6) is 0 Å². The van der Waals surface area contributed by atoms with Crippen LogP contribution in [0.2, 0.25) is 0 Å². The molecule has 3 amide bonds. The van der Waals surface area contributed by atoms with E-state index in [2.05, 4.69) is 10.6 Å². The van der Waals surface area contributed by atoms with Crippen LogP contribution >= 0.6 is 11.3 Å². The van der Waals surface area contributed by atoms with Crippen molar-refractivity contribution in [1.82, 2.24) is 10.6 Å². The fourth-order valence-corrected chi connectivity index (χ4v) is 3.05. The second-order valence-corrected chi connectivity index (χ2v) is 6.23. The second-order valence-electron chi connectivity index (χ2n) is 5.20. The first-order valence-corrected chi connectivity index (χ1v) is 7.92. The summed E-state index contributed by atoms with van der Waals surface area (Å²) in [7, 11) is 0. The normalized spacial score (nSPS) is 17.1. The van der Waals surface area contributed by atoms with Crippen molar-refractivity contribution < 1.29 is 14.3 Å². The Hall–Kier alpha value is -1.60. The molecule has 7 heteroatoms. The van der Waals surface area contributed by atoms with E-state index in [1.807, 2.05) is 17.5 Å². The van der Waals surface area contributed by atoms with Crippen LogP contribution in [0.3, 0.4) is 0 Å². The lowest BCUT2D eigenvalue weighted by molar-refractivity contribution is -0.132. The number of amides is 3. The summed E-state index contributed by atoms with van der Waals surface area (Å²) in [6.45, 7) is 1.84. The van der Waals surface area contributed by atoms with Crippen LogP contribution in [0.1, 0.15) is 17.7 Å². The minimum Gasteiger partial charge on any atom is -0.381 e. The molecule has 0 bridgehead atoms. The number of primary amides is 1. The zero-order valence-corrected chi connectivity index (χ0v) is 12.7. The molecule has 2 heterocycles. The standard InChI is InChI=1S/C14H21N3O3S/c15-12(18)14(4-7-20-8-5-14)10-17-13(19)16-6-3-11-2-1-9-21-11/h1-2,9H,3-8,10H2,(H2,15,18)(H2,16,17,19). The molecule has 0 spiro atoms. The Morgan fingerprint density at radius 2 is 2.10 bits per heavy atom. The topological polar surface area (TPSA) is 93.5 Å². The molecular formula is C14H21N3O3S. The maximum atomic E-state index is 11.8. The Balaban J connectivity index is 1.72. The molecule has 0 atom stereocenters. The minimum absolute atomic E-state index is 0.260. The zero-order chi connectivity index (χ0) is 15.1. The molecule has 116 valence electrons. The molecule has 1 fully saturated rings. The first-order chi connectivity index (χ1) is 10.1. The first kappa shape index (κ1) is 15.8. The van der Waals surface area contributed by atoms with Gasteiger partial charge in [-0.2, -0.15) is 0 Å². The van der Waals surface area contributed by atoms with Gasteiger partial charge in [0.05, 0.1) is 5.41 Å². The van der Waals surface area contributed by atoms with Crippen molar-refractivity contribution in [2.45, 2.75) is 19.3 Å². The molecule has 1 aromatic rings. The Morgan fingerprint density at radius 3 is 2.71 bits per heavy atom. The number of urea groups is 1. The number of nitrogens with two attached hydrogens (primary N) is 1. The molecule has 4 N–H and O–H groups in total. The van der Waals surface area contributed by atoms with Crippen molar-refractivity contribution in [2.75, 3.05) is 26.3 Å². The number of carbonyl (C=O) groups excluding carboxylic acids is 2. The van der Waals surface area contributed by atoms with E-state index in [1.165, 1.54) is 4.88 Å². The first-order valence-electron chi connectivity index (χ1n) is 7.04. The van der Waals surface area contributed by atoms with Crippen molar-refractivity contribution in [2.24, 2.45) is 11.1 Å². The predicted molar refractivity (Wildman–Crippen MR) is 81.1 cm³/mol. The molecule has 1 aliphatic heterocycles. The molecule has 6 nitrogen and oxygen atoms in total. The van der Waals surface area contributed by atoms with Gasteiger partial charge in [0.1, 0.15) is 0 Å². The Bertz CT molecular complexity index is 470. The smallest absolute Gasteiger partial charge is 0.314 e. The molecule has 0 unspecified atom stereocenters. The lowest BCUT2D eigenvalue weighted by Crippen LogP contribution is -2.51. The SMILES string of the molecule is NC(=O)C1(CNC(=O)NCCc2cccs2)CCOCC1. The largest absolute Gasteiger partial charge is 0.381 e. The molecule has 1 aromatic heterocycles. The van der Waals surface area contributed by atoms with Crippen molar-refractivity contribution in [3.8, 4) is 0 Å².